The van der Waals surface area contributed by atoms with E-state index in [0.717, 1.165) is 19.5 Å². The van der Waals surface area contributed by atoms with Crippen LogP contribution in [0.5, 0.6) is 0 Å². The summed E-state index contributed by atoms with van der Waals surface area (Å²) in [6, 6.07) is 1.71. The van der Waals surface area contributed by atoms with Gasteiger partial charge in [0.15, 0.2) is 5.82 Å². The number of nitrogens with two attached hydrogens (primary N) is 1. The highest BCUT2D eigenvalue weighted by atomic mass is 35.5. The minimum atomic E-state index is -0.132. The number of hydrogen-bond acceptors (Lipinski definition) is 4. The van der Waals surface area contributed by atoms with E-state index in [4.69, 9.17) is 28.9 Å². The second kappa shape index (κ2) is 6.72. The molecule has 3 N–H and O–H groups in total. The quantitative estimate of drug-likeness (QED) is 0.891. The molecular formula is C13H18Cl2N4O. The molecule has 1 amide bonds. The Labute approximate surface area is 128 Å². The molecule has 110 valence electrons. The van der Waals surface area contributed by atoms with Gasteiger partial charge in [-0.3, -0.25) is 9.69 Å². The van der Waals surface area contributed by atoms with Crippen LogP contribution >= 0.6 is 23.2 Å². The van der Waals surface area contributed by atoms with Crippen LogP contribution in [0, 0.1) is 5.92 Å². The lowest BCUT2D eigenvalue weighted by molar-refractivity contribution is -0.117. The number of likely N-dealkylation sites (tertiary alicyclic amines) is 1. The van der Waals surface area contributed by atoms with Crippen molar-refractivity contribution in [2.45, 2.75) is 19.4 Å². The Kier molecular flexibility index (Phi) is 5.21. The van der Waals surface area contributed by atoms with Gasteiger partial charge in [-0.25, -0.2) is 4.98 Å². The third-order valence-electron chi connectivity index (χ3n) is 3.49. The summed E-state index contributed by atoms with van der Waals surface area (Å²) in [6.07, 6.45) is 2.48. The number of amides is 1. The fourth-order valence-electron chi connectivity index (χ4n) is 2.32. The fraction of sp³-hybridized carbons (Fsp3) is 0.538. The summed E-state index contributed by atoms with van der Waals surface area (Å²) < 4.78 is 0. The molecule has 0 bridgehead atoms. The van der Waals surface area contributed by atoms with Crippen molar-refractivity contribution >= 4 is 34.9 Å². The maximum Gasteiger partial charge on any atom is 0.239 e. The average Bonchev–Trinajstić information content (AvgIpc) is 2.81. The van der Waals surface area contributed by atoms with E-state index in [1.54, 1.807) is 6.07 Å². The van der Waals surface area contributed by atoms with Crippen molar-refractivity contribution in [2.24, 2.45) is 11.7 Å². The molecule has 7 heteroatoms. The lowest BCUT2D eigenvalue weighted by Gasteiger charge is -2.17. The lowest BCUT2D eigenvalue weighted by atomic mass is 10.0. The third kappa shape index (κ3) is 4.06. The first-order valence-electron chi connectivity index (χ1n) is 6.54. The van der Waals surface area contributed by atoms with Crippen LogP contribution in [0.25, 0.3) is 0 Å². The second-order valence-electron chi connectivity index (χ2n) is 5.18. The molecule has 1 aromatic heterocycles. The van der Waals surface area contributed by atoms with Crippen LogP contribution in [0.2, 0.25) is 10.0 Å². The van der Waals surface area contributed by atoms with Crippen molar-refractivity contribution in [3.8, 4) is 0 Å². The molecule has 2 rings (SSSR count). The standard InChI is InChI=1S/C13H18Cl2N4O/c1-8(16)9-2-3-19(6-9)7-12(20)18-13-11(15)4-10(14)5-17-13/h4-5,8-9H,2-3,6-7,16H2,1H3,(H,17,18,20). The van der Waals surface area contributed by atoms with Gasteiger partial charge < -0.3 is 11.1 Å². The SMILES string of the molecule is CC(N)C1CCN(CC(=O)Nc2ncc(Cl)cc2Cl)C1. The predicted molar refractivity (Wildman–Crippen MR) is 81.1 cm³/mol. The Balaban J connectivity index is 1.87. The van der Waals surface area contributed by atoms with Crippen LogP contribution in [0.3, 0.4) is 0 Å². The van der Waals surface area contributed by atoms with E-state index < -0.39 is 0 Å². The first-order chi connectivity index (χ1) is 9.45. The van der Waals surface area contributed by atoms with E-state index in [1.165, 1.54) is 6.20 Å². The highest BCUT2D eigenvalue weighted by Crippen LogP contribution is 2.23. The maximum atomic E-state index is 12.0. The molecule has 1 aromatic rings. The van der Waals surface area contributed by atoms with Crippen molar-refractivity contribution in [3.63, 3.8) is 0 Å². The van der Waals surface area contributed by atoms with Crippen LogP contribution in [0.4, 0.5) is 5.82 Å². The van der Waals surface area contributed by atoms with Crippen molar-refractivity contribution < 1.29 is 4.79 Å². The molecule has 0 radical (unpaired) electrons. The molecule has 20 heavy (non-hydrogen) atoms. The van der Waals surface area contributed by atoms with Crippen LogP contribution in [-0.4, -0.2) is 41.5 Å². The fourth-order valence-corrected chi connectivity index (χ4v) is 2.74. The van der Waals surface area contributed by atoms with Gasteiger partial charge in [0.05, 0.1) is 16.6 Å². The number of aromatic nitrogens is 1. The van der Waals surface area contributed by atoms with Gasteiger partial charge in [0.25, 0.3) is 0 Å². The van der Waals surface area contributed by atoms with Gasteiger partial charge in [-0.15, -0.1) is 0 Å². The Morgan fingerprint density at radius 3 is 3.00 bits per heavy atom. The van der Waals surface area contributed by atoms with Gasteiger partial charge >= 0.3 is 0 Å². The van der Waals surface area contributed by atoms with Gasteiger partial charge in [-0.05, 0) is 31.9 Å². The number of rotatable bonds is 4. The molecule has 2 atom stereocenters. The lowest BCUT2D eigenvalue weighted by Crippen LogP contribution is -2.34. The molecule has 1 aliphatic heterocycles. The highest BCUT2D eigenvalue weighted by Gasteiger charge is 2.26. The molecule has 0 aromatic carbocycles. The number of carbonyl (C=O) groups excluding carboxylic acids is 1. The topological polar surface area (TPSA) is 71.2 Å². The first-order valence-corrected chi connectivity index (χ1v) is 7.30. The Morgan fingerprint density at radius 1 is 1.65 bits per heavy atom. The number of nitrogens with zero attached hydrogens (tertiary/aromatic N) is 2. The second-order valence-corrected chi connectivity index (χ2v) is 6.02. The molecule has 2 heterocycles. The van der Waals surface area contributed by atoms with E-state index in [0.29, 0.717) is 28.3 Å². The van der Waals surface area contributed by atoms with Crippen LogP contribution in [0.1, 0.15) is 13.3 Å². The van der Waals surface area contributed by atoms with Gasteiger partial charge in [0, 0.05) is 18.8 Å². The van der Waals surface area contributed by atoms with Crippen molar-refractivity contribution in [1.29, 1.82) is 0 Å². The molecule has 5 nitrogen and oxygen atoms in total. The van der Waals surface area contributed by atoms with E-state index in [9.17, 15) is 4.79 Å². The number of pyridine rings is 1. The van der Waals surface area contributed by atoms with E-state index >= 15 is 0 Å². The summed E-state index contributed by atoms with van der Waals surface area (Å²) in [5, 5.41) is 3.47. The number of anilines is 1. The minimum absolute atomic E-state index is 0.132. The molecule has 1 fully saturated rings. The summed E-state index contributed by atoms with van der Waals surface area (Å²) in [5.41, 5.74) is 5.88. The third-order valence-corrected chi connectivity index (χ3v) is 3.98. The van der Waals surface area contributed by atoms with E-state index in [-0.39, 0.29) is 11.9 Å². The van der Waals surface area contributed by atoms with Crippen molar-refractivity contribution in [3.05, 3.63) is 22.3 Å². The Morgan fingerprint density at radius 2 is 2.40 bits per heavy atom. The summed E-state index contributed by atoms with van der Waals surface area (Å²) >= 11 is 11.7. The van der Waals surface area contributed by atoms with Gasteiger partial charge in [-0.1, -0.05) is 23.2 Å². The predicted octanol–water partition coefficient (Wildman–Crippen LogP) is 2.00. The first kappa shape index (κ1) is 15.5. The molecule has 0 aliphatic carbocycles. The highest BCUT2D eigenvalue weighted by molar-refractivity contribution is 6.36. The van der Waals surface area contributed by atoms with Gasteiger partial charge in [-0.2, -0.15) is 0 Å². The molecule has 0 spiro atoms. The number of nitrogens with one attached hydrogen (secondary N) is 1. The Hall–Kier alpha value is -0.880. The number of halogens is 2. The summed E-state index contributed by atoms with van der Waals surface area (Å²) in [5.74, 6) is 0.663. The van der Waals surface area contributed by atoms with E-state index in [2.05, 4.69) is 15.2 Å². The normalized spacial score (nSPS) is 20.9. The number of hydrogen-bond donors (Lipinski definition) is 2. The molecule has 1 saturated heterocycles. The molecule has 2 unspecified atom stereocenters. The monoisotopic (exact) mass is 316 g/mol. The molecule has 0 saturated carbocycles. The van der Waals surface area contributed by atoms with Crippen molar-refractivity contribution in [2.75, 3.05) is 25.0 Å². The van der Waals surface area contributed by atoms with Crippen LogP contribution in [-0.2, 0) is 4.79 Å². The zero-order valence-corrected chi connectivity index (χ0v) is 12.8. The Bertz CT molecular complexity index is 495. The zero-order valence-electron chi connectivity index (χ0n) is 11.3. The smallest absolute Gasteiger partial charge is 0.239 e. The van der Waals surface area contributed by atoms with Crippen LogP contribution < -0.4 is 11.1 Å². The summed E-state index contributed by atoms with van der Waals surface area (Å²) in [4.78, 5) is 18.1. The minimum Gasteiger partial charge on any atom is -0.328 e. The van der Waals surface area contributed by atoms with E-state index in [1.807, 2.05) is 6.92 Å². The van der Waals surface area contributed by atoms with Gasteiger partial charge in [0.1, 0.15) is 0 Å². The van der Waals surface area contributed by atoms with Crippen molar-refractivity contribution in [1.82, 2.24) is 9.88 Å². The average molecular weight is 317 g/mol. The maximum absolute atomic E-state index is 12.0. The summed E-state index contributed by atoms with van der Waals surface area (Å²) in [7, 11) is 0. The van der Waals surface area contributed by atoms with Gasteiger partial charge in [0.2, 0.25) is 5.91 Å². The zero-order chi connectivity index (χ0) is 14.7. The number of carbonyl (C=O) groups is 1. The molecular weight excluding hydrogens is 299 g/mol. The largest absolute Gasteiger partial charge is 0.328 e. The molecule has 1 aliphatic rings. The van der Waals surface area contributed by atoms with Crippen LogP contribution in [0.15, 0.2) is 12.3 Å². The summed E-state index contributed by atoms with van der Waals surface area (Å²) in [6.45, 7) is 4.07.